The van der Waals surface area contributed by atoms with Crippen LogP contribution in [0.4, 0.5) is 11.6 Å². The number of carboxylic acid groups (broad SMARTS) is 1. The molecule has 0 atom stereocenters. The molecule has 0 saturated heterocycles. The minimum atomic E-state index is -1.10. The number of ether oxygens (including phenoxy) is 1. The largest absolute Gasteiger partial charge is 0.477 e. The summed E-state index contributed by atoms with van der Waals surface area (Å²) < 4.78 is 5.56. The van der Waals surface area contributed by atoms with Crippen LogP contribution in [0.15, 0.2) is 109 Å². The number of aromatic carboxylic acids is 1. The number of hydrogen-bond acceptors (Lipinski definition) is 9. The van der Waals surface area contributed by atoms with Crippen LogP contribution >= 0.6 is 22.7 Å². The molecule has 0 aliphatic heterocycles. The third kappa shape index (κ3) is 9.51. The molecule has 0 bridgehead atoms. The van der Waals surface area contributed by atoms with Crippen LogP contribution in [-0.2, 0) is 4.74 Å². The smallest absolute Gasteiger partial charge is 0.352 e. The molecule has 0 fully saturated rings. The molecule has 0 aliphatic carbocycles. The van der Waals surface area contributed by atoms with Gasteiger partial charge in [-0.15, -0.1) is 22.7 Å². The topological polar surface area (TPSA) is 130 Å². The van der Waals surface area contributed by atoms with Crippen LogP contribution in [0.25, 0.3) is 21.1 Å². The predicted molar refractivity (Wildman–Crippen MR) is 215 cm³/mol. The van der Waals surface area contributed by atoms with Gasteiger partial charge in [0.2, 0.25) is 0 Å². The molecule has 0 saturated carbocycles. The van der Waals surface area contributed by atoms with Crippen molar-refractivity contribution < 1.29 is 29.0 Å². The molecule has 1 N–H and O–H groups in total. The van der Waals surface area contributed by atoms with Gasteiger partial charge in [-0.1, -0.05) is 96.1 Å². The van der Waals surface area contributed by atoms with E-state index in [9.17, 15) is 24.3 Å². The van der Waals surface area contributed by atoms with Crippen molar-refractivity contribution in [3.63, 3.8) is 0 Å². The number of aromatic nitrogens is 2. The number of benzene rings is 4. The molecule has 0 radical (unpaired) electrons. The maximum Gasteiger partial charge on any atom is 0.352 e. The first-order valence-electron chi connectivity index (χ1n) is 16.9. The van der Waals surface area contributed by atoms with E-state index in [1.54, 1.807) is 38.4 Å². The van der Waals surface area contributed by atoms with Gasteiger partial charge in [-0.3, -0.25) is 19.4 Å². The standard InChI is InChI=1S/C23H24N2O3S.C19H16N2O3S/c1-15-11-13-17(14-12-15)21(26)25(5)19-18(22(27)28-23(2,3)4)29-20(24-19)16-9-7-6-8-10-16;1-12-8-10-14(11-9-12)18(22)21(2)16-15(19(23)24)25-17(20-16)13-6-4-3-5-7-13/h6-14H,1-5H3;3-11H,1-2H3,(H,23,24). The summed E-state index contributed by atoms with van der Waals surface area (Å²) in [5.74, 6) is -1.67. The Morgan fingerprint density at radius 3 is 1.33 bits per heavy atom. The maximum absolute atomic E-state index is 13.0. The molecular weight excluding hydrogens is 721 g/mol. The fraction of sp³-hybridized carbons (Fsp3) is 0.190. The lowest BCUT2D eigenvalue weighted by Gasteiger charge is -2.20. The number of esters is 1. The summed E-state index contributed by atoms with van der Waals surface area (Å²) in [5, 5.41) is 10.7. The van der Waals surface area contributed by atoms with Gasteiger partial charge in [0.25, 0.3) is 11.8 Å². The van der Waals surface area contributed by atoms with Crippen LogP contribution in [0.3, 0.4) is 0 Å². The lowest BCUT2D eigenvalue weighted by atomic mass is 10.1. The molecule has 6 aromatic rings. The molecule has 2 heterocycles. The van der Waals surface area contributed by atoms with E-state index in [0.29, 0.717) is 31.8 Å². The average Bonchev–Trinajstić information content (AvgIpc) is 3.81. The number of carbonyl (C=O) groups excluding carboxylic acids is 3. The van der Waals surface area contributed by atoms with Gasteiger partial charge in [0.05, 0.1) is 0 Å². The fourth-order valence-electron chi connectivity index (χ4n) is 5.06. The first-order chi connectivity index (χ1) is 25.6. The normalized spacial score (nSPS) is 10.9. The Hall–Kier alpha value is -5.98. The summed E-state index contributed by atoms with van der Waals surface area (Å²) in [6, 6.07) is 33.3. The van der Waals surface area contributed by atoms with Gasteiger partial charge in [0.1, 0.15) is 15.6 Å². The van der Waals surface area contributed by atoms with Crippen LogP contribution < -0.4 is 9.80 Å². The SMILES string of the molecule is Cc1ccc(C(=O)N(C)c2nc(-c3ccccc3)sc2C(=O)O)cc1.Cc1ccc(C(=O)N(C)c2nc(-c3ccccc3)sc2C(=O)OC(C)(C)C)cc1. The zero-order valence-electron chi connectivity index (χ0n) is 31.0. The minimum Gasteiger partial charge on any atom is -0.477 e. The Morgan fingerprint density at radius 1 is 0.593 bits per heavy atom. The number of aryl methyl sites for hydroxylation is 2. The van der Waals surface area contributed by atoms with Gasteiger partial charge in [-0.05, 0) is 58.9 Å². The summed E-state index contributed by atoms with van der Waals surface area (Å²) in [4.78, 5) is 62.2. The van der Waals surface area contributed by atoms with Crippen LogP contribution in [0.5, 0.6) is 0 Å². The zero-order chi connectivity index (χ0) is 39.2. The maximum atomic E-state index is 13.0. The summed E-state index contributed by atoms with van der Waals surface area (Å²) in [5.41, 5.74) is 4.18. The van der Waals surface area contributed by atoms with Gasteiger partial charge in [-0.25, -0.2) is 19.6 Å². The van der Waals surface area contributed by atoms with Crippen molar-refractivity contribution in [1.82, 2.24) is 9.97 Å². The van der Waals surface area contributed by atoms with E-state index < -0.39 is 17.5 Å². The molecular formula is C42H40N4O6S2. The number of carbonyl (C=O) groups is 4. The Morgan fingerprint density at radius 2 is 0.963 bits per heavy atom. The fourth-order valence-corrected chi connectivity index (χ4v) is 6.97. The zero-order valence-corrected chi connectivity index (χ0v) is 32.6. The third-order valence-corrected chi connectivity index (χ3v) is 10.0. The number of nitrogens with zero attached hydrogens (tertiary/aromatic N) is 4. The van der Waals surface area contributed by atoms with Gasteiger partial charge in [-0.2, -0.15) is 0 Å². The molecule has 4 aromatic carbocycles. The highest BCUT2D eigenvalue weighted by Crippen LogP contribution is 2.35. The number of amides is 2. The summed E-state index contributed by atoms with van der Waals surface area (Å²) in [7, 11) is 3.17. The lowest BCUT2D eigenvalue weighted by molar-refractivity contribution is 0.00755. The van der Waals surface area contributed by atoms with Gasteiger partial charge in [0, 0.05) is 36.3 Å². The van der Waals surface area contributed by atoms with E-state index in [2.05, 4.69) is 9.97 Å². The molecule has 0 unspecified atom stereocenters. The van der Waals surface area contributed by atoms with E-state index in [1.165, 1.54) is 21.1 Å². The Balaban J connectivity index is 0.000000210. The third-order valence-electron chi connectivity index (χ3n) is 7.88. The molecule has 2 amide bonds. The van der Waals surface area contributed by atoms with Gasteiger partial charge >= 0.3 is 11.9 Å². The van der Waals surface area contributed by atoms with E-state index in [1.807, 2.05) is 120 Å². The number of carboxylic acids is 1. The van der Waals surface area contributed by atoms with Crippen LogP contribution in [-0.4, -0.2) is 58.5 Å². The Kier molecular flexibility index (Phi) is 12.2. The second-order valence-corrected chi connectivity index (χ2v) is 15.3. The Bertz CT molecular complexity index is 2260. The van der Waals surface area contributed by atoms with Crippen molar-refractivity contribution in [3.8, 4) is 21.1 Å². The van der Waals surface area contributed by atoms with E-state index in [-0.39, 0.29) is 22.5 Å². The van der Waals surface area contributed by atoms with Crippen molar-refractivity contribution >= 4 is 58.1 Å². The predicted octanol–water partition coefficient (Wildman–Crippen LogP) is 9.44. The van der Waals surface area contributed by atoms with Gasteiger partial charge < -0.3 is 9.84 Å². The molecule has 2 aromatic heterocycles. The van der Waals surface area contributed by atoms with Crippen LogP contribution in [0.1, 0.15) is 72.0 Å². The second kappa shape index (κ2) is 16.8. The van der Waals surface area contributed by atoms with Crippen LogP contribution in [0.2, 0.25) is 0 Å². The molecule has 6 rings (SSSR count). The highest BCUT2D eigenvalue weighted by atomic mass is 32.1. The number of hydrogen-bond donors (Lipinski definition) is 1. The summed E-state index contributed by atoms with van der Waals surface area (Å²) >= 11 is 2.28. The molecule has 0 aliphatic rings. The van der Waals surface area contributed by atoms with E-state index in [0.717, 1.165) is 33.6 Å². The van der Waals surface area contributed by atoms with Gasteiger partial charge in [0.15, 0.2) is 21.4 Å². The highest BCUT2D eigenvalue weighted by Gasteiger charge is 2.29. The van der Waals surface area contributed by atoms with Crippen molar-refractivity contribution in [1.29, 1.82) is 0 Å². The average molecular weight is 761 g/mol. The van der Waals surface area contributed by atoms with E-state index in [4.69, 9.17) is 4.74 Å². The molecule has 0 spiro atoms. The number of rotatable bonds is 8. The van der Waals surface area contributed by atoms with Crippen molar-refractivity contribution in [2.45, 2.75) is 40.2 Å². The molecule has 54 heavy (non-hydrogen) atoms. The van der Waals surface area contributed by atoms with Crippen LogP contribution in [0, 0.1) is 13.8 Å². The Labute approximate surface area is 322 Å². The quantitative estimate of drug-likeness (QED) is 0.152. The minimum absolute atomic E-state index is 0.0433. The lowest BCUT2D eigenvalue weighted by Crippen LogP contribution is -2.29. The summed E-state index contributed by atoms with van der Waals surface area (Å²) in [6.07, 6.45) is 0. The molecule has 12 heteroatoms. The number of thiazole rings is 2. The van der Waals surface area contributed by atoms with E-state index >= 15 is 0 Å². The molecule has 10 nitrogen and oxygen atoms in total. The van der Waals surface area contributed by atoms with Crippen molar-refractivity contribution in [3.05, 3.63) is 141 Å². The van der Waals surface area contributed by atoms with Crippen molar-refractivity contribution in [2.75, 3.05) is 23.9 Å². The second-order valence-electron chi connectivity index (χ2n) is 13.3. The number of anilines is 2. The van der Waals surface area contributed by atoms with Crippen molar-refractivity contribution in [2.24, 2.45) is 0 Å². The summed E-state index contributed by atoms with van der Waals surface area (Å²) in [6.45, 7) is 9.33. The molecule has 276 valence electrons. The highest BCUT2D eigenvalue weighted by molar-refractivity contribution is 7.17. The first-order valence-corrected chi connectivity index (χ1v) is 18.5. The first kappa shape index (κ1) is 39.2. The monoisotopic (exact) mass is 760 g/mol.